The highest BCUT2D eigenvalue weighted by Crippen LogP contribution is 2.36. The molecule has 136 valence electrons. The van der Waals surface area contributed by atoms with E-state index in [1.165, 1.54) is 27.8 Å². The van der Waals surface area contributed by atoms with Gasteiger partial charge in [0.05, 0.1) is 15.8 Å². The molecule has 0 aliphatic carbocycles. The van der Waals surface area contributed by atoms with E-state index >= 15 is 0 Å². The molecule has 0 radical (unpaired) electrons. The molecule has 0 unspecified atom stereocenters. The van der Waals surface area contributed by atoms with Gasteiger partial charge in [0, 0.05) is 18.1 Å². The highest BCUT2D eigenvalue weighted by Gasteiger charge is 2.41. The van der Waals surface area contributed by atoms with Gasteiger partial charge in [0.15, 0.2) is 0 Å². The topological polar surface area (TPSA) is 76.3 Å². The molecular formula is C16H13Cl2N3O3S2. The fraction of sp³-hybridized carbons (Fsp3) is 0.250. The third-order valence-electron chi connectivity index (χ3n) is 4.21. The van der Waals surface area contributed by atoms with E-state index in [0.29, 0.717) is 22.3 Å². The Labute approximate surface area is 164 Å². The molecule has 1 saturated heterocycles. The maximum absolute atomic E-state index is 12.8. The third-order valence-corrected chi connectivity index (χ3v) is 7.78. The van der Waals surface area contributed by atoms with Crippen LogP contribution in [-0.4, -0.2) is 36.0 Å². The number of sulfonamides is 1. The number of nitrogens with zero attached hydrogens (tertiary/aromatic N) is 3. The summed E-state index contributed by atoms with van der Waals surface area (Å²) in [7, 11) is -3.69. The molecule has 3 aromatic rings. The van der Waals surface area contributed by atoms with E-state index < -0.39 is 10.0 Å². The summed E-state index contributed by atoms with van der Waals surface area (Å²) in [5.74, 6) is 0.837. The number of hydrogen-bond donors (Lipinski definition) is 0. The van der Waals surface area contributed by atoms with Gasteiger partial charge in [-0.1, -0.05) is 34.4 Å². The van der Waals surface area contributed by atoms with Crippen molar-refractivity contribution in [1.29, 1.82) is 0 Å². The smallest absolute Gasteiger partial charge is 0.244 e. The molecule has 10 heteroatoms. The molecule has 2 aromatic heterocycles. The molecule has 26 heavy (non-hydrogen) atoms. The molecule has 1 aliphatic heterocycles. The Bertz CT molecular complexity index is 1060. The average Bonchev–Trinajstić information content (AvgIpc) is 3.19. The van der Waals surface area contributed by atoms with Crippen LogP contribution >= 0.6 is 34.5 Å². The van der Waals surface area contributed by atoms with Crippen molar-refractivity contribution in [3.05, 3.63) is 51.1 Å². The first kappa shape index (κ1) is 17.9. The van der Waals surface area contributed by atoms with E-state index in [1.54, 1.807) is 6.92 Å². The Balaban J connectivity index is 1.52. The molecule has 0 N–H and O–H groups in total. The molecular weight excluding hydrogens is 417 g/mol. The lowest BCUT2D eigenvalue weighted by Gasteiger charge is -2.36. The zero-order valence-corrected chi connectivity index (χ0v) is 16.7. The van der Waals surface area contributed by atoms with Gasteiger partial charge in [-0.25, -0.2) is 8.42 Å². The number of thiophene rings is 1. The third kappa shape index (κ3) is 3.05. The van der Waals surface area contributed by atoms with Crippen LogP contribution < -0.4 is 0 Å². The lowest BCUT2D eigenvalue weighted by atomic mass is 10.0. The van der Waals surface area contributed by atoms with Gasteiger partial charge in [-0.3, -0.25) is 0 Å². The van der Waals surface area contributed by atoms with E-state index in [0.717, 1.165) is 4.88 Å². The van der Waals surface area contributed by atoms with Crippen molar-refractivity contribution in [3.8, 4) is 10.7 Å². The lowest BCUT2D eigenvalue weighted by Crippen LogP contribution is -2.48. The zero-order chi connectivity index (χ0) is 18.5. The predicted molar refractivity (Wildman–Crippen MR) is 100 cm³/mol. The molecule has 0 amide bonds. The zero-order valence-electron chi connectivity index (χ0n) is 13.5. The first-order chi connectivity index (χ1) is 12.4. The Morgan fingerprint density at radius 1 is 1.27 bits per heavy atom. The van der Waals surface area contributed by atoms with Crippen LogP contribution in [0.5, 0.6) is 0 Å². The van der Waals surface area contributed by atoms with Gasteiger partial charge in [0.1, 0.15) is 4.90 Å². The first-order valence-electron chi connectivity index (χ1n) is 7.69. The molecule has 0 spiro atoms. The van der Waals surface area contributed by atoms with Crippen molar-refractivity contribution in [2.75, 3.05) is 13.1 Å². The SMILES string of the molecule is Cc1cc(S(=O)(=O)N2CC(c3nc(-c4cccs4)no3)C2)c(Cl)cc1Cl. The highest BCUT2D eigenvalue weighted by molar-refractivity contribution is 7.89. The summed E-state index contributed by atoms with van der Waals surface area (Å²) in [6.45, 7) is 2.28. The van der Waals surface area contributed by atoms with Crippen molar-refractivity contribution < 1.29 is 12.9 Å². The van der Waals surface area contributed by atoms with E-state index in [9.17, 15) is 8.42 Å². The average molecular weight is 430 g/mol. The van der Waals surface area contributed by atoms with E-state index in [1.807, 2.05) is 17.5 Å². The molecule has 4 rings (SSSR count). The standard InChI is InChI=1S/C16H13Cl2N3O3S2/c1-9-5-14(12(18)6-11(9)17)26(22,23)21-7-10(8-21)16-19-15(20-24-16)13-3-2-4-25-13/h2-6,10H,7-8H2,1H3. The van der Waals surface area contributed by atoms with Crippen LogP contribution in [0.3, 0.4) is 0 Å². The molecule has 0 saturated carbocycles. The second-order valence-corrected chi connectivity index (χ2v) is 9.65. The van der Waals surface area contributed by atoms with Crippen LogP contribution in [0.2, 0.25) is 10.0 Å². The Morgan fingerprint density at radius 3 is 2.73 bits per heavy atom. The number of aryl methyl sites for hydroxylation is 1. The maximum atomic E-state index is 12.8. The van der Waals surface area contributed by atoms with E-state index in [-0.39, 0.29) is 28.9 Å². The quantitative estimate of drug-likeness (QED) is 0.620. The van der Waals surface area contributed by atoms with Crippen LogP contribution in [0.25, 0.3) is 10.7 Å². The Kier molecular flexibility index (Phi) is 4.56. The molecule has 1 fully saturated rings. The van der Waals surface area contributed by atoms with Crippen LogP contribution in [0.15, 0.2) is 39.1 Å². The van der Waals surface area contributed by atoms with Crippen LogP contribution in [-0.2, 0) is 10.0 Å². The summed E-state index contributed by atoms with van der Waals surface area (Å²) in [4.78, 5) is 5.34. The van der Waals surface area contributed by atoms with Crippen molar-refractivity contribution in [2.45, 2.75) is 17.7 Å². The van der Waals surface area contributed by atoms with E-state index in [2.05, 4.69) is 10.1 Å². The minimum absolute atomic E-state index is 0.0596. The molecule has 1 aromatic carbocycles. The molecule has 3 heterocycles. The first-order valence-corrected chi connectivity index (χ1v) is 10.8. The van der Waals surface area contributed by atoms with Gasteiger partial charge < -0.3 is 4.52 Å². The van der Waals surface area contributed by atoms with Crippen LogP contribution in [0.4, 0.5) is 0 Å². The second-order valence-electron chi connectivity index (χ2n) is 5.98. The van der Waals surface area contributed by atoms with Gasteiger partial charge in [-0.15, -0.1) is 11.3 Å². The summed E-state index contributed by atoms with van der Waals surface area (Å²) in [5, 5.41) is 6.44. The predicted octanol–water partition coefficient (Wildman–Crippen LogP) is 4.20. The number of aromatic nitrogens is 2. The highest BCUT2D eigenvalue weighted by atomic mass is 35.5. The summed E-state index contributed by atoms with van der Waals surface area (Å²) in [6, 6.07) is 6.76. The van der Waals surface area contributed by atoms with Crippen LogP contribution in [0, 0.1) is 6.92 Å². The fourth-order valence-electron chi connectivity index (χ4n) is 2.66. The molecule has 1 aliphatic rings. The number of halogens is 2. The van der Waals surface area contributed by atoms with Crippen molar-refractivity contribution in [2.24, 2.45) is 0 Å². The summed E-state index contributed by atoms with van der Waals surface area (Å²) in [5.41, 5.74) is 0.657. The number of hydrogen-bond acceptors (Lipinski definition) is 6. The molecule has 0 bridgehead atoms. The summed E-state index contributed by atoms with van der Waals surface area (Å²) < 4.78 is 32.2. The van der Waals surface area contributed by atoms with Gasteiger partial charge in [0.2, 0.25) is 21.7 Å². The summed E-state index contributed by atoms with van der Waals surface area (Å²) >= 11 is 13.6. The van der Waals surface area contributed by atoms with Crippen molar-refractivity contribution in [1.82, 2.24) is 14.4 Å². The fourth-order valence-corrected chi connectivity index (χ4v) is 5.65. The summed E-state index contributed by atoms with van der Waals surface area (Å²) in [6.07, 6.45) is 0. The normalized spacial score (nSPS) is 16.0. The monoisotopic (exact) mass is 429 g/mol. The molecule has 0 atom stereocenters. The van der Waals surface area contributed by atoms with Gasteiger partial charge in [0.25, 0.3) is 0 Å². The Morgan fingerprint density at radius 2 is 2.04 bits per heavy atom. The largest absolute Gasteiger partial charge is 0.339 e. The van der Waals surface area contributed by atoms with Gasteiger partial charge in [-0.05, 0) is 36.1 Å². The molecule has 6 nitrogen and oxygen atoms in total. The van der Waals surface area contributed by atoms with Gasteiger partial charge >= 0.3 is 0 Å². The lowest BCUT2D eigenvalue weighted by molar-refractivity contribution is 0.217. The maximum Gasteiger partial charge on any atom is 0.244 e. The van der Waals surface area contributed by atoms with Gasteiger partial charge in [-0.2, -0.15) is 9.29 Å². The Hall–Kier alpha value is -1.45. The number of benzene rings is 1. The van der Waals surface area contributed by atoms with E-state index in [4.69, 9.17) is 27.7 Å². The minimum atomic E-state index is -3.69. The van der Waals surface area contributed by atoms with Crippen LogP contribution in [0.1, 0.15) is 17.4 Å². The minimum Gasteiger partial charge on any atom is -0.339 e. The van der Waals surface area contributed by atoms with Crippen molar-refractivity contribution >= 4 is 44.6 Å². The second kappa shape index (κ2) is 6.61. The van der Waals surface area contributed by atoms with Crippen molar-refractivity contribution in [3.63, 3.8) is 0 Å². The number of rotatable bonds is 4.